The second-order valence-corrected chi connectivity index (χ2v) is 5.50. The molecule has 19 heavy (non-hydrogen) atoms. The smallest absolute Gasteiger partial charge is 0.251 e. The Morgan fingerprint density at radius 1 is 1.26 bits per heavy atom. The standard InChI is InChI=1S/C13H17BrN2O3/c1-13(2,19)12(18)16-7-6-15-11(17)9-4-3-5-10(14)8-9/h3-5,8,19H,6-7H2,1-2H3,(H,15,17)(H,16,18). The number of benzene rings is 1. The Morgan fingerprint density at radius 2 is 1.89 bits per heavy atom. The number of hydrogen-bond donors (Lipinski definition) is 3. The van der Waals surface area contributed by atoms with Crippen molar-refractivity contribution in [1.82, 2.24) is 10.6 Å². The molecular formula is C13H17BrN2O3. The number of aliphatic hydroxyl groups is 1. The molecule has 0 aliphatic carbocycles. The molecule has 0 saturated heterocycles. The van der Waals surface area contributed by atoms with Crippen LogP contribution in [0.5, 0.6) is 0 Å². The van der Waals surface area contributed by atoms with Crippen LogP contribution in [0.1, 0.15) is 24.2 Å². The van der Waals surface area contributed by atoms with Crippen molar-refractivity contribution in [3.8, 4) is 0 Å². The van der Waals surface area contributed by atoms with Gasteiger partial charge in [-0.3, -0.25) is 9.59 Å². The number of halogens is 1. The van der Waals surface area contributed by atoms with E-state index in [0.29, 0.717) is 12.1 Å². The molecule has 0 heterocycles. The monoisotopic (exact) mass is 328 g/mol. The molecule has 104 valence electrons. The van der Waals surface area contributed by atoms with Crippen molar-refractivity contribution in [3.05, 3.63) is 34.3 Å². The first-order valence-corrected chi connectivity index (χ1v) is 6.64. The predicted octanol–water partition coefficient (Wildman–Crippen LogP) is 1.07. The molecule has 1 rings (SSSR count). The van der Waals surface area contributed by atoms with Gasteiger partial charge in [-0.15, -0.1) is 0 Å². The summed E-state index contributed by atoms with van der Waals surface area (Å²) in [5.41, 5.74) is -0.864. The summed E-state index contributed by atoms with van der Waals surface area (Å²) in [6.07, 6.45) is 0. The third-order valence-corrected chi connectivity index (χ3v) is 2.83. The minimum absolute atomic E-state index is 0.209. The minimum atomic E-state index is -1.41. The number of carbonyl (C=O) groups is 2. The van der Waals surface area contributed by atoms with E-state index < -0.39 is 11.5 Å². The van der Waals surface area contributed by atoms with Crippen LogP contribution >= 0.6 is 15.9 Å². The zero-order chi connectivity index (χ0) is 14.5. The zero-order valence-corrected chi connectivity index (χ0v) is 12.5. The molecule has 0 spiro atoms. The summed E-state index contributed by atoms with van der Waals surface area (Å²) in [6, 6.07) is 7.02. The lowest BCUT2D eigenvalue weighted by Crippen LogP contribution is -2.44. The molecule has 0 saturated carbocycles. The highest BCUT2D eigenvalue weighted by molar-refractivity contribution is 9.10. The first kappa shape index (κ1) is 15.7. The Balaban J connectivity index is 2.34. The molecule has 0 atom stereocenters. The number of rotatable bonds is 5. The van der Waals surface area contributed by atoms with Crippen LogP contribution in [0.2, 0.25) is 0 Å². The van der Waals surface area contributed by atoms with Gasteiger partial charge in [0, 0.05) is 23.1 Å². The van der Waals surface area contributed by atoms with Gasteiger partial charge in [0.1, 0.15) is 5.60 Å². The van der Waals surface area contributed by atoms with Crippen molar-refractivity contribution >= 4 is 27.7 Å². The second-order valence-electron chi connectivity index (χ2n) is 4.58. The largest absolute Gasteiger partial charge is 0.381 e. The van der Waals surface area contributed by atoms with E-state index in [0.717, 1.165) is 4.47 Å². The highest BCUT2D eigenvalue weighted by Crippen LogP contribution is 2.11. The molecule has 3 N–H and O–H groups in total. The van der Waals surface area contributed by atoms with Crippen molar-refractivity contribution in [2.24, 2.45) is 0 Å². The van der Waals surface area contributed by atoms with Crippen LogP contribution in [-0.4, -0.2) is 35.6 Å². The average Bonchev–Trinajstić information content (AvgIpc) is 2.32. The lowest BCUT2D eigenvalue weighted by atomic mass is 10.1. The Kier molecular flexibility index (Phi) is 5.50. The Morgan fingerprint density at radius 3 is 2.47 bits per heavy atom. The van der Waals surface area contributed by atoms with Crippen LogP contribution in [0.4, 0.5) is 0 Å². The summed E-state index contributed by atoms with van der Waals surface area (Å²) in [5.74, 6) is -0.678. The zero-order valence-electron chi connectivity index (χ0n) is 10.9. The molecule has 0 radical (unpaired) electrons. The van der Waals surface area contributed by atoms with E-state index >= 15 is 0 Å². The van der Waals surface area contributed by atoms with Crippen molar-refractivity contribution in [2.45, 2.75) is 19.4 Å². The summed E-state index contributed by atoms with van der Waals surface area (Å²) in [7, 11) is 0. The lowest BCUT2D eigenvalue weighted by Gasteiger charge is -2.16. The maximum atomic E-state index is 11.7. The summed E-state index contributed by atoms with van der Waals surface area (Å²) >= 11 is 3.29. The van der Waals surface area contributed by atoms with Gasteiger partial charge in [0.25, 0.3) is 11.8 Å². The predicted molar refractivity (Wildman–Crippen MR) is 75.8 cm³/mol. The first-order chi connectivity index (χ1) is 8.80. The lowest BCUT2D eigenvalue weighted by molar-refractivity contribution is -0.136. The molecule has 1 aromatic rings. The third-order valence-electron chi connectivity index (χ3n) is 2.34. The van der Waals surface area contributed by atoms with E-state index in [1.807, 2.05) is 6.07 Å². The van der Waals surface area contributed by atoms with Crippen molar-refractivity contribution in [2.75, 3.05) is 13.1 Å². The summed E-state index contributed by atoms with van der Waals surface area (Å²) in [5, 5.41) is 14.6. The minimum Gasteiger partial charge on any atom is -0.381 e. The van der Waals surface area contributed by atoms with Crippen LogP contribution in [0.25, 0.3) is 0 Å². The molecule has 5 nitrogen and oxygen atoms in total. The van der Waals surface area contributed by atoms with Crippen LogP contribution in [0.15, 0.2) is 28.7 Å². The quantitative estimate of drug-likeness (QED) is 0.707. The molecule has 1 aromatic carbocycles. The normalized spacial score (nSPS) is 10.9. The molecule has 0 bridgehead atoms. The van der Waals surface area contributed by atoms with Gasteiger partial charge in [0.05, 0.1) is 0 Å². The van der Waals surface area contributed by atoms with Crippen LogP contribution in [0, 0.1) is 0 Å². The SMILES string of the molecule is CC(C)(O)C(=O)NCCNC(=O)c1cccc(Br)c1. The van der Waals surface area contributed by atoms with Gasteiger partial charge in [-0.2, -0.15) is 0 Å². The van der Waals surface area contributed by atoms with Gasteiger partial charge in [0.2, 0.25) is 0 Å². The number of nitrogens with one attached hydrogen (secondary N) is 2. The summed E-state index contributed by atoms with van der Waals surface area (Å²) in [6.45, 7) is 3.38. The molecule has 0 aliphatic heterocycles. The first-order valence-electron chi connectivity index (χ1n) is 5.85. The topological polar surface area (TPSA) is 78.4 Å². The molecule has 6 heteroatoms. The van der Waals surface area contributed by atoms with E-state index in [1.165, 1.54) is 13.8 Å². The van der Waals surface area contributed by atoms with Crippen LogP contribution in [0.3, 0.4) is 0 Å². The maximum Gasteiger partial charge on any atom is 0.251 e. The van der Waals surface area contributed by atoms with Gasteiger partial charge in [-0.05, 0) is 32.0 Å². The second kappa shape index (κ2) is 6.68. The maximum absolute atomic E-state index is 11.7. The van der Waals surface area contributed by atoms with Crippen LogP contribution in [-0.2, 0) is 4.79 Å². The summed E-state index contributed by atoms with van der Waals surface area (Å²) < 4.78 is 0.829. The Bertz CT molecular complexity index is 469. The highest BCUT2D eigenvalue weighted by atomic mass is 79.9. The number of amides is 2. The fourth-order valence-corrected chi connectivity index (χ4v) is 1.70. The van der Waals surface area contributed by atoms with E-state index in [4.69, 9.17) is 0 Å². The van der Waals surface area contributed by atoms with Gasteiger partial charge in [0.15, 0.2) is 0 Å². The van der Waals surface area contributed by atoms with Gasteiger partial charge in [-0.1, -0.05) is 22.0 Å². The van der Waals surface area contributed by atoms with E-state index in [9.17, 15) is 14.7 Å². The van der Waals surface area contributed by atoms with Gasteiger partial charge >= 0.3 is 0 Å². The van der Waals surface area contributed by atoms with E-state index in [-0.39, 0.29) is 12.5 Å². The number of carbonyl (C=O) groups excluding carboxylic acids is 2. The molecule has 2 amide bonds. The fourth-order valence-electron chi connectivity index (χ4n) is 1.30. The van der Waals surface area contributed by atoms with E-state index in [1.54, 1.807) is 18.2 Å². The average molecular weight is 329 g/mol. The molecule has 0 aromatic heterocycles. The summed E-state index contributed by atoms with van der Waals surface area (Å²) in [4.78, 5) is 23.1. The van der Waals surface area contributed by atoms with Crippen LogP contribution < -0.4 is 10.6 Å². The molecule has 0 aliphatic rings. The fraction of sp³-hybridized carbons (Fsp3) is 0.385. The Labute approximate surface area is 120 Å². The van der Waals surface area contributed by atoms with Gasteiger partial charge < -0.3 is 15.7 Å². The van der Waals surface area contributed by atoms with Crippen molar-refractivity contribution in [3.63, 3.8) is 0 Å². The Hall–Kier alpha value is -1.40. The van der Waals surface area contributed by atoms with E-state index in [2.05, 4.69) is 26.6 Å². The van der Waals surface area contributed by atoms with Gasteiger partial charge in [-0.25, -0.2) is 0 Å². The molecule has 0 fully saturated rings. The molecule has 0 unspecified atom stereocenters. The van der Waals surface area contributed by atoms with Crippen molar-refractivity contribution in [1.29, 1.82) is 0 Å². The van der Waals surface area contributed by atoms with Crippen molar-refractivity contribution < 1.29 is 14.7 Å². The number of hydrogen-bond acceptors (Lipinski definition) is 3. The third kappa shape index (κ3) is 5.40. The highest BCUT2D eigenvalue weighted by Gasteiger charge is 2.22. The molecular weight excluding hydrogens is 312 g/mol.